The molecule has 2 N–H and O–H groups in total. The Morgan fingerprint density at radius 1 is 1.57 bits per heavy atom. The van der Waals surface area contributed by atoms with Crippen molar-refractivity contribution in [2.24, 2.45) is 5.73 Å². The third-order valence-electron chi connectivity index (χ3n) is 2.89. The first-order valence-corrected chi connectivity index (χ1v) is 5.14. The molecule has 14 heavy (non-hydrogen) atoms. The van der Waals surface area contributed by atoms with Crippen molar-refractivity contribution in [3.63, 3.8) is 0 Å². The molecule has 2 rings (SSSR count). The molecule has 0 radical (unpaired) electrons. The molecule has 78 valence electrons. The maximum absolute atomic E-state index is 5.67. The highest BCUT2D eigenvalue weighted by Gasteiger charge is 2.21. The van der Waals surface area contributed by atoms with Crippen LogP contribution in [-0.4, -0.2) is 24.6 Å². The summed E-state index contributed by atoms with van der Waals surface area (Å²) in [7, 11) is 1.97. The SMILES string of the molecule is CC(CN)N(C)c1nc2c(o1)CCC2. The van der Waals surface area contributed by atoms with E-state index in [9.17, 15) is 0 Å². The number of nitrogens with zero attached hydrogens (tertiary/aromatic N) is 2. The second-order valence-electron chi connectivity index (χ2n) is 3.92. The summed E-state index contributed by atoms with van der Waals surface area (Å²) in [6.07, 6.45) is 3.27. The highest BCUT2D eigenvalue weighted by atomic mass is 16.4. The van der Waals surface area contributed by atoms with Gasteiger partial charge < -0.3 is 15.1 Å². The molecular formula is C10H17N3O. The van der Waals surface area contributed by atoms with E-state index < -0.39 is 0 Å². The lowest BCUT2D eigenvalue weighted by Gasteiger charge is -2.21. The monoisotopic (exact) mass is 195 g/mol. The Morgan fingerprint density at radius 3 is 3.00 bits per heavy atom. The van der Waals surface area contributed by atoms with Crippen LogP contribution in [0.25, 0.3) is 0 Å². The molecule has 0 aromatic carbocycles. The molecule has 0 aliphatic heterocycles. The number of rotatable bonds is 3. The second-order valence-corrected chi connectivity index (χ2v) is 3.92. The summed E-state index contributed by atoms with van der Waals surface area (Å²) >= 11 is 0. The molecule has 1 aliphatic carbocycles. The number of anilines is 1. The minimum Gasteiger partial charge on any atom is -0.428 e. The van der Waals surface area contributed by atoms with Crippen LogP contribution in [-0.2, 0) is 12.8 Å². The van der Waals surface area contributed by atoms with Gasteiger partial charge in [0.05, 0.1) is 5.69 Å². The van der Waals surface area contributed by atoms with Gasteiger partial charge in [-0.15, -0.1) is 0 Å². The van der Waals surface area contributed by atoms with Crippen LogP contribution in [0.3, 0.4) is 0 Å². The Balaban J connectivity index is 2.17. The minimum absolute atomic E-state index is 0.272. The first-order chi connectivity index (χ1) is 6.72. The molecule has 1 aromatic heterocycles. The van der Waals surface area contributed by atoms with Gasteiger partial charge >= 0.3 is 0 Å². The Kier molecular flexibility index (Phi) is 2.46. The molecule has 1 heterocycles. The van der Waals surface area contributed by atoms with Gasteiger partial charge in [-0.2, -0.15) is 4.98 Å². The van der Waals surface area contributed by atoms with Gasteiger partial charge in [0, 0.05) is 26.1 Å². The Morgan fingerprint density at radius 2 is 2.36 bits per heavy atom. The standard InChI is InChI=1S/C10H17N3O/c1-7(6-11)13(2)10-12-8-4-3-5-9(8)14-10/h7H,3-6,11H2,1-2H3. The summed E-state index contributed by atoms with van der Waals surface area (Å²) in [6.45, 7) is 2.68. The zero-order chi connectivity index (χ0) is 10.1. The van der Waals surface area contributed by atoms with Crippen LogP contribution in [0.1, 0.15) is 24.8 Å². The van der Waals surface area contributed by atoms with Crippen LogP contribution in [0.5, 0.6) is 0 Å². The van der Waals surface area contributed by atoms with Gasteiger partial charge in [0.2, 0.25) is 0 Å². The van der Waals surface area contributed by atoms with E-state index >= 15 is 0 Å². The maximum atomic E-state index is 5.67. The van der Waals surface area contributed by atoms with E-state index in [4.69, 9.17) is 10.2 Å². The van der Waals surface area contributed by atoms with Gasteiger partial charge in [-0.25, -0.2) is 0 Å². The number of aromatic nitrogens is 1. The van der Waals surface area contributed by atoms with Gasteiger partial charge in [-0.05, 0) is 19.8 Å². The van der Waals surface area contributed by atoms with Crippen LogP contribution < -0.4 is 10.6 Å². The van der Waals surface area contributed by atoms with E-state index in [1.54, 1.807) is 0 Å². The number of nitrogens with two attached hydrogens (primary N) is 1. The molecule has 1 unspecified atom stereocenters. The summed E-state index contributed by atoms with van der Waals surface area (Å²) in [5, 5.41) is 0. The molecule has 4 nitrogen and oxygen atoms in total. The fourth-order valence-electron chi connectivity index (χ4n) is 1.67. The largest absolute Gasteiger partial charge is 0.428 e. The van der Waals surface area contributed by atoms with Crippen LogP contribution in [0.4, 0.5) is 6.01 Å². The summed E-state index contributed by atoms with van der Waals surface area (Å²) in [6, 6.07) is 0.987. The van der Waals surface area contributed by atoms with Crippen molar-refractivity contribution in [3.8, 4) is 0 Å². The normalized spacial score (nSPS) is 16.8. The molecule has 0 saturated heterocycles. The van der Waals surface area contributed by atoms with E-state index in [-0.39, 0.29) is 6.04 Å². The lowest BCUT2D eigenvalue weighted by molar-refractivity contribution is 0.486. The van der Waals surface area contributed by atoms with E-state index in [0.29, 0.717) is 12.6 Å². The van der Waals surface area contributed by atoms with Gasteiger partial charge in [-0.3, -0.25) is 0 Å². The van der Waals surface area contributed by atoms with Crippen LogP contribution in [0.2, 0.25) is 0 Å². The zero-order valence-electron chi connectivity index (χ0n) is 8.79. The predicted octanol–water partition coefficient (Wildman–Crippen LogP) is 0.947. The number of hydrogen-bond donors (Lipinski definition) is 1. The molecule has 1 atom stereocenters. The Labute approximate surface area is 84.1 Å². The van der Waals surface area contributed by atoms with Crippen molar-refractivity contribution in [2.45, 2.75) is 32.2 Å². The molecule has 0 spiro atoms. The smallest absolute Gasteiger partial charge is 0.297 e. The molecule has 0 fully saturated rings. The number of oxazole rings is 1. The minimum atomic E-state index is 0.272. The summed E-state index contributed by atoms with van der Waals surface area (Å²) in [4.78, 5) is 6.46. The first kappa shape index (κ1) is 9.52. The molecule has 0 amide bonds. The van der Waals surface area contributed by atoms with Crippen molar-refractivity contribution in [1.82, 2.24) is 4.98 Å². The number of aryl methyl sites for hydroxylation is 2. The molecule has 1 aromatic rings. The summed E-state index contributed by atoms with van der Waals surface area (Å²) < 4.78 is 5.67. The Bertz CT molecular complexity index is 300. The van der Waals surface area contributed by atoms with Crippen LogP contribution >= 0.6 is 0 Å². The third-order valence-corrected chi connectivity index (χ3v) is 2.89. The van der Waals surface area contributed by atoms with Crippen molar-refractivity contribution < 1.29 is 4.42 Å². The molecular weight excluding hydrogens is 178 g/mol. The van der Waals surface area contributed by atoms with Crippen molar-refractivity contribution in [1.29, 1.82) is 0 Å². The van der Waals surface area contributed by atoms with E-state index in [0.717, 1.165) is 24.3 Å². The van der Waals surface area contributed by atoms with Crippen molar-refractivity contribution >= 4 is 6.01 Å². The van der Waals surface area contributed by atoms with E-state index in [2.05, 4.69) is 11.9 Å². The van der Waals surface area contributed by atoms with E-state index in [1.165, 1.54) is 6.42 Å². The number of hydrogen-bond acceptors (Lipinski definition) is 4. The predicted molar refractivity (Wildman–Crippen MR) is 55.4 cm³/mol. The molecule has 0 bridgehead atoms. The number of fused-ring (bicyclic) bond motifs is 1. The summed E-state index contributed by atoms with van der Waals surface area (Å²) in [5.74, 6) is 1.07. The van der Waals surface area contributed by atoms with Gasteiger partial charge in [0.25, 0.3) is 6.01 Å². The lowest BCUT2D eigenvalue weighted by atomic mass is 10.3. The fourth-order valence-corrected chi connectivity index (χ4v) is 1.67. The quantitative estimate of drug-likeness (QED) is 0.780. The van der Waals surface area contributed by atoms with Crippen molar-refractivity contribution in [2.75, 3.05) is 18.5 Å². The number of likely N-dealkylation sites (N-methyl/N-ethyl adjacent to an activating group) is 1. The zero-order valence-corrected chi connectivity index (χ0v) is 8.79. The highest BCUT2D eigenvalue weighted by molar-refractivity contribution is 5.32. The molecule has 4 heteroatoms. The molecule has 0 saturated carbocycles. The maximum Gasteiger partial charge on any atom is 0.297 e. The van der Waals surface area contributed by atoms with Gasteiger partial charge in [-0.1, -0.05) is 0 Å². The Hall–Kier alpha value is -1.03. The van der Waals surface area contributed by atoms with E-state index in [1.807, 2.05) is 11.9 Å². The van der Waals surface area contributed by atoms with Crippen LogP contribution in [0.15, 0.2) is 4.42 Å². The average Bonchev–Trinajstić information content (AvgIpc) is 2.74. The third kappa shape index (κ3) is 1.50. The lowest BCUT2D eigenvalue weighted by Crippen LogP contribution is -2.35. The fraction of sp³-hybridized carbons (Fsp3) is 0.700. The molecule has 1 aliphatic rings. The summed E-state index contributed by atoms with van der Waals surface area (Å²) in [5.41, 5.74) is 6.73. The van der Waals surface area contributed by atoms with Gasteiger partial charge in [0.15, 0.2) is 0 Å². The second kappa shape index (κ2) is 3.61. The van der Waals surface area contributed by atoms with Gasteiger partial charge in [0.1, 0.15) is 5.76 Å². The topological polar surface area (TPSA) is 55.3 Å². The first-order valence-electron chi connectivity index (χ1n) is 5.14. The van der Waals surface area contributed by atoms with Crippen LogP contribution in [0, 0.1) is 0 Å². The average molecular weight is 195 g/mol. The van der Waals surface area contributed by atoms with Crippen molar-refractivity contribution in [3.05, 3.63) is 11.5 Å². The highest BCUT2D eigenvalue weighted by Crippen LogP contribution is 2.26.